The summed E-state index contributed by atoms with van der Waals surface area (Å²) in [6.07, 6.45) is 1.97. The van der Waals surface area contributed by atoms with Crippen LogP contribution in [0, 0.1) is 0 Å². The van der Waals surface area contributed by atoms with Crippen LogP contribution in [0.25, 0.3) is 5.57 Å². The lowest BCUT2D eigenvalue weighted by atomic mass is 9.84. The summed E-state index contributed by atoms with van der Waals surface area (Å²) >= 11 is 0. The number of carbonyl (C=O) groups is 1. The van der Waals surface area contributed by atoms with Crippen LogP contribution in [0.15, 0.2) is 47.7 Å². The maximum absolute atomic E-state index is 12.6. The van der Waals surface area contributed by atoms with Gasteiger partial charge in [0.25, 0.3) is 0 Å². The van der Waals surface area contributed by atoms with E-state index in [1.165, 1.54) is 0 Å². The molecule has 3 rings (SSSR count). The number of rotatable bonds is 3. The molecule has 1 aromatic carbocycles. The summed E-state index contributed by atoms with van der Waals surface area (Å²) in [7, 11) is 0. The van der Waals surface area contributed by atoms with Gasteiger partial charge in [0.15, 0.2) is 11.4 Å². The molecule has 1 aromatic rings. The highest BCUT2D eigenvalue weighted by Crippen LogP contribution is 2.50. The van der Waals surface area contributed by atoms with E-state index in [1.54, 1.807) is 0 Å². The second-order valence-corrected chi connectivity index (χ2v) is 5.19. The van der Waals surface area contributed by atoms with E-state index in [1.807, 2.05) is 57.2 Å². The molecule has 0 aromatic heterocycles. The van der Waals surface area contributed by atoms with Gasteiger partial charge in [-0.05, 0) is 32.4 Å². The molecule has 1 fully saturated rings. The molecule has 1 saturated heterocycles. The standard InChI is InChI=1S/C17H18O3/c1-4-19-16-11(2)15(18)14(10-17(16)12(3)20-17)13-8-6-5-7-9-13/h5-10,12H,4H2,1-3H3. The van der Waals surface area contributed by atoms with Crippen molar-refractivity contribution in [2.75, 3.05) is 6.61 Å². The summed E-state index contributed by atoms with van der Waals surface area (Å²) in [6.45, 7) is 6.27. The number of ketones is 1. The zero-order valence-corrected chi connectivity index (χ0v) is 12.0. The van der Waals surface area contributed by atoms with Crippen molar-refractivity contribution in [2.24, 2.45) is 0 Å². The van der Waals surface area contributed by atoms with E-state index < -0.39 is 5.60 Å². The number of ether oxygens (including phenoxy) is 2. The Bertz CT molecular complexity index is 612. The van der Waals surface area contributed by atoms with Crippen LogP contribution in [0.1, 0.15) is 26.3 Å². The van der Waals surface area contributed by atoms with Crippen LogP contribution in [0.2, 0.25) is 0 Å². The molecule has 2 unspecified atom stereocenters. The zero-order valence-electron chi connectivity index (χ0n) is 12.0. The third kappa shape index (κ3) is 1.81. The molecular formula is C17H18O3. The summed E-state index contributed by atoms with van der Waals surface area (Å²) in [5, 5.41) is 0. The van der Waals surface area contributed by atoms with Crippen LogP contribution in [0.5, 0.6) is 0 Å². The van der Waals surface area contributed by atoms with Gasteiger partial charge < -0.3 is 9.47 Å². The van der Waals surface area contributed by atoms with Gasteiger partial charge >= 0.3 is 0 Å². The predicted octanol–water partition coefficient (Wildman–Crippen LogP) is 3.12. The highest BCUT2D eigenvalue weighted by atomic mass is 16.6. The Balaban J connectivity index is 2.08. The van der Waals surface area contributed by atoms with Crippen LogP contribution < -0.4 is 0 Å². The number of allylic oxidation sites excluding steroid dienone is 2. The first-order valence-corrected chi connectivity index (χ1v) is 6.95. The number of carbonyl (C=O) groups excluding carboxylic acids is 1. The fourth-order valence-corrected chi connectivity index (χ4v) is 2.79. The van der Waals surface area contributed by atoms with Crippen molar-refractivity contribution in [1.29, 1.82) is 0 Å². The van der Waals surface area contributed by atoms with E-state index in [2.05, 4.69) is 0 Å². The van der Waals surface area contributed by atoms with E-state index in [0.29, 0.717) is 23.5 Å². The fourth-order valence-electron chi connectivity index (χ4n) is 2.79. The Hall–Kier alpha value is -1.87. The van der Waals surface area contributed by atoms with Crippen molar-refractivity contribution in [2.45, 2.75) is 32.5 Å². The topological polar surface area (TPSA) is 38.8 Å². The molecule has 1 aliphatic carbocycles. The Morgan fingerprint density at radius 1 is 1.30 bits per heavy atom. The molecule has 3 heteroatoms. The Morgan fingerprint density at radius 3 is 2.50 bits per heavy atom. The van der Waals surface area contributed by atoms with Crippen LogP contribution in [-0.4, -0.2) is 24.1 Å². The summed E-state index contributed by atoms with van der Waals surface area (Å²) in [5.74, 6) is 0.699. The maximum atomic E-state index is 12.6. The Labute approximate surface area is 118 Å². The minimum absolute atomic E-state index is 0.0213. The zero-order chi connectivity index (χ0) is 14.3. The summed E-state index contributed by atoms with van der Waals surface area (Å²) < 4.78 is 11.5. The number of hydrogen-bond acceptors (Lipinski definition) is 3. The van der Waals surface area contributed by atoms with E-state index >= 15 is 0 Å². The number of hydrogen-bond donors (Lipinski definition) is 0. The smallest absolute Gasteiger partial charge is 0.192 e. The maximum Gasteiger partial charge on any atom is 0.192 e. The van der Waals surface area contributed by atoms with E-state index in [9.17, 15) is 4.79 Å². The van der Waals surface area contributed by atoms with Crippen molar-refractivity contribution in [3.8, 4) is 0 Å². The van der Waals surface area contributed by atoms with Crippen LogP contribution in [-0.2, 0) is 14.3 Å². The molecule has 1 spiro atoms. The average molecular weight is 270 g/mol. The lowest BCUT2D eigenvalue weighted by molar-refractivity contribution is -0.111. The number of benzene rings is 1. The number of Topliss-reactive ketones (excluding diaryl/α,β-unsaturated/α-hetero) is 1. The normalized spacial score (nSPS) is 28.6. The molecule has 104 valence electrons. The second-order valence-electron chi connectivity index (χ2n) is 5.19. The Kier molecular flexibility index (Phi) is 3.02. The first kappa shape index (κ1) is 13.1. The summed E-state index contributed by atoms with van der Waals surface area (Å²) in [5.41, 5.74) is 1.74. The van der Waals surface area contributed by atoms with Crippen molar-refractivity contribution >= 4 is 11.4 Å². The first-order valence-electron chi connectivity index (χ1n) is 6.95. The number of epoxide rings is 1. The van der Waals surface area contributed by atoms with E-state index in [-0.39, 0.29) is 11.9 Å². The lowest BCUT2D eigenvalue weighted by Crippen LogP contribution is -2.27. The SMILES string of the molecule is CCOC1=C(C)C(=O)C(c2ccccc2)=CC12OC2C. The molecule has 2 aliphatic rings. The van der Waals surface area contributed by atoms with Gasteiger partial charge in [0, 0.05) is 11.1 Å². The third-order valence-corrected chi connectivity index (χ3v) is 3.93. The highest BCUT2D eigenvalue weighted by molar-refractivity contribution is 6.30. The quantitative estimate of drug-likeness (QED) is 0.792. The molecule has 1 aliphatic heterocycles. The van der Waals surface area contributed by atoms with Crippen molar-refractivity contribution in [3.63, 3.8) is 0 Å². The van der Waals surface area contributed by atoms with Gasteiger partial charge in [-0.1, -0.05) is 30.3 Å². The lowest BCUT2D eigenvalue weighted by Gasteiger charge is -2.23. The van der Waals surface area contributed by atoms with E-state index in [0.717, 1.165) is 5.56 Å². The molecule has 20 heavy (non-hydrogen) atoms. The molecule has 0 bridgehead atoms. The molecule has 2 atom stereocenters. The predicted molar refractivity (Wildman–Crippen MR) is 77.0 cm³/mol. The summed E-state index contributed by atoms with van der Waals surface area (Å²) in [6, 6.07) is 9.71. The molecule has 0 amide bonds. The Morgan fingerprint density at radius 2 is 1.95 bits per heavy atom. The molecule has 0 saturated carbocycles. The fraction of sp³-hybridized carbons (Fsp3) is 0.353. The second kappa shape index (κ2) is 4.60. The molecule has 0 radical (unpaired) electrons. The first-order chi connectivity index (χ1) is 9.60. The molecule has 3 nitrogen and oxygen atoms in total. The van der Waals surface area contributed by atoms with Gasteiger partial charge in [-0.3, -0.25) is 4.79 Å². The van der Waals surface area contributed by atoms with Gasteiger partial charge in [0.1, 0.15) is 5.76 Å². The highest BCUT2D eigenvalue weighted by Gasteiger charge is 2.59. The van der Waals surface area contributed by atoms with Crippen molar-refractivity contribution in [3.05, 3.63) is 53.3 Å². The van der Waals surface area contributed by atoms with Gasteiger partial charge in [-0.15, -0.1) is 0 Å². The summed E-state index contributed by atoms with van der Waals surface area (Å²) in [4.78, 5) is 12.6. The average Bonchev–Trinajstić information content (AvgIpc) is 3.11. The molecule has 0 N–H and O–H groups in total. The van der Waals surface area contributed by atoms with Gasteiger partial charge in [-0.2, -0.15) is 0 Å². The van der Waals surface area contributed by atoms with Gasteiger partial charge in [-0.25, -0.2) is 0 Å². The minimum Gasteiger partial charge on any atom is -0.494 e. The van der Waals surface area contributed by atoms with Gasteiger partial charge in [0.2, 0.25) is 0 Å². The largest absolute Gasteiger partial charge is 0.494 e. The van der Waals surface area contributed by atoms with Gasteiger partial charge in [0.05, 0.1) is 12.7 Å². The molecular weight excluding hydrogens is 252 g/mol. The van der Waals surface area contributed by atoms with Crippen molar-refractivity contribution < 1.29 is 14.3 Å². The van der Waals surface area contributed by atoms with E-state index in [4.69, 9.17) is 9.47 Å². The van der Waals surface area contributed by atoms with Crippen LogP contribution >= 0.6 is 0 Å². The monoisotopic (exact) mass is 270 g/mol. The van der Waals surface area contributed by atoms with Crippen LogP contribution in [0.3, 0.4) is 0 Å². The minimum atomic E-state index is -0.542. The van der Waals surface area contributed by atoms with Crippen molar-refractivity contribution in [1.82, 2.24) is 0 Å². The van der Waals surface area contributed by atoms with Crippen LogP contribution in [0.4, 0.5) is 0 Å². The molecule has 1 heterocycles. The third-order valence-electron chi connectivity index (χ3n) is 3.93.